The summed E-state index contributed by atoms with van der Waals surface area (Å²) in [4.78, 5) is 35.6. The van der Waals surface area contributed by atoms with Gasteiger partial charge >= 0.3 is 5.97 Å². The van der Waals surface area contributed by atoms with Gasteiger partial charge in [-0.1, -0.05) is 11.6 Å². The van der Waals surface area contributed by atoms with Crippen molar-refractivity contribution in [2.45, 2.75) is 40.0 Å². The number of furan rings is 1. The molecule has 3 aromatic rings. The summed E-state index contributed by atoms with van der Waals surface area (Å²) >= 11 is 6.19. The lowest BCUT2D eigenvalue weighted by Crippen LogP contribution is -2.22. The number of nitro groups is 1. The summed E-state index contributed by atoms with van der Waals surface area (Å²) in [6, 6.07) is 8.60. The number of carbonyl (C=O) groups excluding carboxylic acids is 2. The molecule has 0 spiro atoms. The Bertz CT molecular complexity index is 1350. The number of carbonyl (C=O) groups is 2. The largest absolute Gasteiger partial charge is 0.453 e. The van der Waals surface area contributed by atoms with Crippen LogP contribution in [0.4, 0.5) is 5.69 Å². The average Bonchev–Trinajstić information content (AvgIpc) is 3.18. The highest BCUT2D eigenvalue weighted by Gasteiger charge is 2.29. The Labute approximate surface area is 205 Å². The predicted molar refractivity (Wildman–Crippen MR) is 129 cm³/mol. The average molecular weight is 496 g/mol. The van der Waals surface area contributed by atoms with Crippen molar-refractivity contribution < 1.29 is 23.7 Å². The Hall–Kier alpha value is -3.98. The number of hydrogen-bond acceptors (Lipinski definition) is 7. The van der Waals surface area contributed by atoms with Gasteiger partial charge in [-0.25, -0.2) is 10.2 Å². The standard InChI is InChI=1S/C25H22ClN3O6/c1-13-11-18(12-14(2)22(13)26)34-25(31)23-15(3)21-19(5-4-6-20(21)35-23)27-28-24(30)16-7-9-17(10-8-16)29(32)33/h7-12H,4-6H2,1-3H3,(H,28,30)/b27-19+. The van der Waals surface area contributed by atoms with Crippen LogP contribution in [0.3, 0.4) is 0 Å². The molecule has 0 unspecified atom stereocenters. The number of non-ortho nitro benzene ring substituents is 1. The Morgan fingerprint density at radius 3 is 2.40 bits per heavy atom. The van der Waals surface area contributed by atoms with Crippen LogP contribution in [-0.2, 0) is 6.42 Å². The van der Waals surface area contributed by atoms with Gasteiger partial charge in [-0.2, -0.15) is 5.10 Å². The van der Waals surface area contributed by atoms with Gasteiger partial charge in [0.1, 0.15) is 11.5 Å². The number of halogens is 1. The summed E-state index contributed by atoms with van der Waals surface area (Å²) in [5.74, 6) is -0.0856. The summed E-state index contributed by atoms with van der Waals surface area (Å²) < 4.78 is 11.4. The normalized spacial score (nSPS) is 13.9. The molecular weight excluding hydrogens is 474 g/mol. The number of ether oxygens (including phenoxy) is 1. The van der Waals surface area contributed by atoms with Crippen LogP contribution in [0.15, 0.2) is 45.9 Å². The summed E-state index contributed by atoms with van der Waals surface area (Å²) in [7, 11) is 0. The third kappa shape index (κ3) is 4.95. The maximum Gasteiger partial charge on any atom is 0.379 e. The predicted octanol–water partition coefficient (Wildman–Crippen LogP) is 5.46. The topological polar surface area (TPSA) is 124 Å². The van der Waals surface area contributed by atoms with Crippen LogP contribution in [0, 0.1) is 30.9 Å². The zero-order chi connectivity index (χ0) is 25.3. The molecule has 0 radical (unpaired) electrons. The number of nitrogens with zero attached hydrogens (tertiary/aromatic N) is 2. The van der Waals surface area contributed by atoms with Gasteiger partial charge in [-0.05, 0) is 69.0 Å². The van der Waals surface area contributed by atoms with Gasteiger partial charge in [-0.3, -0.25) is 14.9 Å². The Kier molecular flexibility index (Phi) is 6.70. The van der Waals surface area contributed by atoms with E-state index in [-0.39, 0.29) is 17.0 Å². The number of benzene rings is 2. The Morgan fingerprint density at radius 2 is 1.77 bits per heavy atom. The van der Waals surface area contributed by atoms with E-state index >= 15 is 0 Å². The smallest absolute Gasteiger partial charge is 0.379 e. The van der Waals surface area contributed by atoms with E-state index in [0.717, 1.165) is 17.5 Å². The molecule has 1 aromatic heterocycles. The monoisotopic (exact) mass is 495 g/mol. The van der Waals surface area contributed by atoms with Crippen molar-refractivity contribution in [2.75, 3.05) is 0 Å². The Morgan fingerprint density at radius 1 is 1.11 bits per heavy atom. The van der Waals surface area contributed by atoms with E-state index in [4.69, 9.17) is 20.8 Å². The van der Waals surface area contributed by atoms with Gasteiger partial charge in [-0.15, -0.1) is 0 Å². The van der Waals surface area contributed by atoms with Gasteiger partial charge in [0.2, 0.25) is 5.76 Å². The number of rotatable bonds is 5. The first-order chi connectivity index (χ1) is 16.7. The number of hydrazone groups is 1. The molecule has 1 aliphatic carbocycles. The van der Waals surface area contributed by atoms with Crippen LogP contribution in [0.25, 0.3) is 0 Å². The molecule has 1 amide bonds. The van der Waals surface area contributed by atoms with Crippen molar-refractivity contribution in [3.8, 4) is 5.75 Å². The lowest BCUT2D eigenvalue weighted by molar-refractivity contribution is -0.384. The number of hydrogen-bond donors (Lipinski definition) is 1. The minimum absolute atomic E-state index is 0.0801. The summed E-state index contributed by atoms with van der Waals surface area (Å²) in [6.45, 7) is 5.41. The zero-order valence-corrected chi connectivity index (χ0v) is 20.1. The van der Waals surface area contributed by atoms with E-state index < -0.39 is 16.8 Å². The fraction of sp³-hybridized carbons (Fsp3) is 0.240. The first kappa shape index (κ1) is 24.2. The molecular formula is C25H22ClN3O6. The third-order valence-corrected chi connectivity index (χ3v) is 6.36. The second-order valence-electron chi connectivity index (χ2n) is 8.27. The number of fused-ring (bicyclic) bond motifs is 1. The highest BCUT2D eigenvalue weighted by atomic mass is 35.5. The van der Waals surface area contributed by atoms with Crippen molar-refractivity contribution in [3.63, 3.8) is 0 Å². The zero-order valence-electron chi connectivity index (χ0n) is 19.3. The molecule has 10 heteroatoms. The number of nitrogens with one attached hydrogen (secondary N) is 1. The number of esters is 1. The molecule has 0 fully saturated rings. The molecule has 4 rings (SSSR count). The molecule has 0 saturated carbocycles. The van der Waals surface area contributed by atoms with E-state index in [2.05, 4.69) is 10.5 Å². The lowest BCUT2D eigenvalue weighted by Gasteiger charge is -2.13. The van der Waals surface area contributed by atoms with Crippen molar-refractivity contribution in [1.82, 2.24) is 5.43 Å². The molecule has 0 atom stereocenters. The Balaban J connectivity index is 1.55. The first-order valence-electron chi connectivity index (χ1n) is 10.9. The van der Waals surface area contributed by atoms with E-state index in [9.17, 15) is 19.7 Å². The maximum atomic E-state index is 12.9. The molecule has 1 heterocycles. The maximum absolute atomic E-state index is 12.9. The highest BCUT2D eigenvalue weighted by molar-refractivity contribution is 6.32. The van der Waals surface area contributed by atoms with E-state index in [1.807, 2.05) is 13.8 Å². The summed E-state index contributed by atoms with van der Waals surface area (Å²) in [5.41, 5.74) is 6.04. The molecule has 35 heavy (non-hydrogen) atoms. The van der Waals surface area contributed by atoms with Gasteiger partial charge in [0, 0.05) is 40.3 Å². The van der Waals surface area contributed by atoms with Crippen LogP contribution < -0.4 is 10.2 Å². The van der Waals surface area contributed by atoms with Gasteiger partial charge in [0.15, 0.2) is 0 Å². The van der Waals surface area contributed by atoms with Gasteiger partial charge in [0.25, 0.3) is 11.6 Å². The van der Waals surface area contributed by atoms with E-state index in [1.165, 1.54) is 24.3 Å². The summed E-state index contributed by atoms with van der Waals surface area (Å²) in [5, 5.41) is 15.7. The van der Waals surface area contributed by atoms with Crippen LogP contribution in [0.2, 0.25) is 5.02 Å². The summed E-state index contributed by atoms with van der Waals surface area (Å²) in [6.07, 6.45) is 1.94. The molecule has 0 saturated heterocycles. The van der Waals surface area contributed by atoms with Crippen LogP contribution >= 0.6 is 11.6 Å². The van der Waals surface area contributed by atoms with Crippen molar-refractivity contribution >= 4 is 34.9 Å². The third-order valence-electron chi connectivity index (χ3n) is 5.76. The van der Waals surface area contributed by atoms with Crippen LogP contribution in [0.5, 0.6) is 5.75 Å². The number of nitro benzene ring substituents is 1. The quantitative estimate of drug-likeness (QED) is 0.217. The first-order valence-corrected chi connectivity index (χ1v) is 11.3. The second-order valence-corrected chi connectivity index (χ2v) is 8.65. The molecule has 0 bridgehead atoms. The number of amides is 1. The van der Waals surface area contributed by atoms with Gasteiger partial charge in [0.05, 0.1) is 10.6 Å². The molecule has 180 valence electrons. The lowest BCUT2D eigenvalue weighted by atomic mass is 9.93. The van der Waals surface area contributed by atoms with Crippen LogP contribution in [0.1, 0.15) is 61.8 Å². The SMILES string of the molecule is Cc1cc(OC(=O)c2oc3c(c2C)/C(=N/NC(=O)c2ccc([N+](=O)[O-])cc2)CCC3)cc(C)c1Cl. The second kappa shape index (κ2) is 9.71. The minimum Gasteiger partial charge on any atom is -0.453 e. The molecule has 1 aliphatic rings. The van der Waals surface area contributed by atoms with E-state index in [0.29, 0.717) is 46.2 Å². The van der Waals surface area contributed by atoms with Crippen LogP contribution in [-0.4, -0.2) is 22.5 Å². The molecule has 1 N–H and O–H groups in total. The highest BCUT2D eigenvalue weighted by Crippen LogP contribution is 2.31. The fourth-order valence-corrected chi connectivity index (χ4v) is 4.12. The van der Waals surface area contributed by atoms with Gasteiger partial charge < -0.3 is 9.15 Å². The molecule has 9 nitrogen and oxygen atoms in total. The number of aryl methyl sites for hydroxylation is 3. The molecule has 0 aliphatic heterocycles. The van der Waals surface area contributed by atoms with Crippen molar-refractivity contribution in [1.29, 1.82) is 0 Å². The van der Waals surface area contributed by atoms with E-state index in [1.54, 1.807) is 19.1 Å². The fourth-order valence-electron chi connectivity index (χ4n) is 4.01. The van der Waals surface area contributed by atoms with Crippen molar-refractivity contribution in [2.24, 2.45) is 5.10 Å². The minimum atomic E-state index is -0.632. The van der Waals surface area contributed by atoms with Crippen molar-refractivity contribution in [3.05, 3.63) is 90.9 Å². The molecule has 2 aromatic carbocycles.